The number of ether oxygens (including phenoxy) is 2. The molecule has 1 aliphatic rings. The lowest BCUT2D eigenvalue weighted by atomic mass is 10.0. The molecule has 0 heterocycles. The Morgan fingerprint density at radius 3 is 2.65 bits per heavy atom. The summed E-state index contributed by atoms with van der Waals surface area (Å²) in [5.41, 5.74) is 11.6. The molecule has 0 spiro atoms. The molecule has 0 saturated heterocycles. The van der Waals surface area contributed by atoms with Crippen molar-refractivity contribution in [3.8, 4) is 11.5 Å². The summed E-state index contributed by atoms with van der Waals surface area (Å²) in [5.74, 6) is 1.66. The molecule has 0 amide bonds. The van der Waals surface area contributed by atoms with Crippen LogP contribution in [0.15, 0.2) is 42.0 Å². The molecule has 0 aromatic heterocycles. The molecule has 1 aromatic rings. The third-order valence-corrected chi connectivity index (χ3v) is 3.48. The number of rotatable bonds is 8. The summed E-state index contributed by atoms with van der Waals surface area (Å²) < 4.78 is 11.2. The average molecular weight is 313 g/mol. The van der Waals surface area contributed by atoms with Crippen molar-refractivity contribution in [2.24, 2.45) is 0 Å². The van der Waals surface area contributed by atoms with Gasteiger partial charge >= 0.3 is 0 Å². The summed E-state index contributed by atoms with van der Waals surface area (Å²) in [4.78, 5) is 3.21. The van der Waals surface area contributed by atoms with Gasteiger partial charge in [-0.15, -0.1) is 0 Å². The maximum Gasteiger partial charge on any atom is 0.295 e. The summed E-state index contributed by atoms with van der Waals surface area (Å²) >= 11 is 0. The zero-order valence-corrected chi connectivity index (χ0v) is 13.7. The van der Waals surface area contributed by atoms with Crippen LogP contribution in [0.5, 0.6) is 11.5 Å². The van der Waals surface area contributed by atoms with Crippen LogP contribution in [0.1, 0.15) is 26.7 Å². The third-order valence-electron chi connectivity index (χ3n) is 3.48. The molecule has 0 saturated carbocycles. The van der Waals surface area contributed by atoms with E-state index in [1.807, 2.05) is 44.2 Å². The lowest BCUT2D eigenvalue weighted by Crippen LogP contribution is -2.07. The van der Waals surface area contributed by atoms with E-state index < -0.39 is 0 Å². The molecule has 0 fully saturated rings. The molecule has 0 unspecified atom stereocenters. The highest BCUT2D eigenvalue weighted by Crippen LogP contribution is 2.29. The fourth-order valence-electron chi connectivity index (χ4n) is 2.36. The van der Waals surface area contributed by atoms with Gasteiger partial charge in [-0.1, -0.05) is 12.2 Å². The van der Waals surface area contributed by atoms with E-state index in [0.717, 1.165) is 30.2 Å². The maximum absolute atomic E-state index is 8.72. The molecular weight excluding hydrogens is 290 g/mol. The van der Waals surface area contributed by atoms with Crippen LogP contribution in [-0.4, -0.2) is 30.3 Å². The number of nitrogens with one attached hydrogen (secondary N) is 1. The van der Waals surface area contributed by atoms with Crippen molar-refractivity contribution in [3.05, 3.63) is 47.5 Å². The van der Waals surface area contributed by atoms with E-state index in [2.05, 4.69) is 16.2 Å². The molecule has 1 aromatic carbocycles. The molecule has 0 atom stereocenters. The monoisotopic (exact) mass is 313 g/mol. The average Bonchev–Trinajstić information content (AvgIpc) is 2.58. The van der Waals surface area contributed by atoms with Crippen LogP contribution in [0.25, 0.3) is 5.53 Å². The highest BCUT2D eigenvalue weighted by molar-refractivity contribution is 5.93. The second-order valence-electron chi connectivity index (χ2n) is 5.11. The van der Waals surface area contributed by atoms with E-state index >= 15 is 0 Å². The first kappa shape index (κ1) is 16.8. The first-order valence-electron chi connectivity index (χ1n) is 7.98. The van der Waals surface area contributed by atoms with Gasteiger partial charge in [-0.05, 0) is 38.0 Å². The van der Waals surface area contributed by atoms with Gasteiger partial charge < -0.3 is 20.3 Å². The molecule has 1 N–H and O–H groups in total. The van der Waals surface area contributed by atoms with Gasteiger partial charge in [0.1, 0.15) is 11.5 Å². The van der Waals surface area contributed by atoms with Gasteiger partial charge in [-0.25, -0.2) is 0 Å². The maximum atomic E-state index is 8.72. The van der Waals surface area contributed by atoms with Crippen molar-refractivity contribution < 1.29 is 14.3 Å². The van der Waals surface area contributed by atoms with Crippen LogP contribution in [0.3, 0.4) is 0 Å². The Hall–Kier alpha value is -2.52. The van der Waals surface area contributed by atoms with Gasteiger partial charge in [-0.2, -0.15) is 4.79 Å². The molecule has 5 heteroatoms. The Morgan fingerprint density at radius 1 is 1.17 bits per heavy atom. The van der Waals surface area contributed by atoms with Crippen LogP contribution in [-0.2, 0) is 0 Å². The van der Waals surface area contributed by atoms with Crippen molar-refractivity contribution in [2.75, 3.05) is 25.1 Å². The minimum absolute atomic E-state index is 0.625. The number of benzene rings is 1. The fourth-order valence-corrected chi connectivity index (χ4v) is 2.36. The zero-order valence-electron chi connectivity index (χ0n) is 13.7. The zero-order chi connectivity index (χ0) is 16.5. The summed E-state index contributed by atoms with van der Waals surface area (Å²) in [6, 6.07) is 5.82. The molecule has 122 valence electrons. The van der Waals surface area contributed by atoms with Gasteiger partial charge in [0, 0.05) is 18.7 Å². The van der Waals surface area contributed by atoms with Crippen molar-refractivity contribution in [1.29, 1.82) is 0 Å². The Morgan fingerprint density at radius 2 is 2.00 bits per heavy atom. The fraction of sp³-hybridized carbons (Fsp3) is 0.389. The minimum Gasteiger partial charge on any atom is -0.494 e. The molecule has 23 heavy (non-hydrogen) atoms. The van der Waals surface area contributed by atoms with Crippen molar-refractivity contribution in [3.63, 3.8) is 0 Å². The van der Waals surface area contributed by atoms with Crippen LogP contribution >= 0.6 is 0 Å². The highest BCUT2D eigenvalue weighted by atomic mass is 16.5. The molecule has 0 bridgehead atoms. The molecule has 2 rings (SSSR count). The Kier molecular flexibility index (Phi) is 6.45. The van der Waals surface area contributed by atoms with E-state index in [-0.39, 0.29) is 0 Å². The van der Waals surface area contributed by atoms with E-state index in [1.54, 1.807) is 0 Å². The Balaban J connectivity index is 1.96. The van der Waals surface area contributed by atoms with Crippen molar-refractivity contribution >= 4 is 11.4 Å². The topological polar surface area (TPSA) is 66.9 Å². The van der Waals surface area contributed by atoms with E-state index in [1.165, 1.54) is 5.57 Å². The summed E-state index contributed by atoms with van der Waals surface area (Å²) in [6.07, 6.45) is 7.47. The van der Waals surface area contributed by atoms with Crippen LogP contribution in [0.2, 0.25) is 0 Å². The van der Waals surface area contributed by atoms with Gasteiger partial charge in [0.05, 0.1) is 25.3 Å². The van der Waals surface area contributed by atoms with Gasteiger partial charge in [-0.3, -0.25) is 0 Å². The lowest BCUT2D eigenvalue weighted by Gasteiger charge is -2.14. The largest absolute Gasteiger partial charge is 0.494 e. The quantitative estimate of drug-likeness (QED) is 0.585. The molecule has 0 aliphatic heterocycles. The summed E-state index contributed by atoms with van der Waals surface area (Å²) in [7, 11) is 0. The number of hydrogen-bond acceptors (Lipinski definition) is 3. The van der Waals surface area contributed by atoms with Crippen molar-refractivity contribution in [1.82, 2.24) is 0 Å². The molecule has 0 radical (unpaired) electrons. The van der Waals surface area contributed by atoms with Crippen molar-refractivity contribution in [2.45, 2.75) is 26.7 Å². The summed E-state index contributed by atoms with van der Waals surface area (Å²) in [6.45, 7) is 5.99. The minimum atomic E-state index is 0.625. The van der Waals surface area contributed by atoms with Gasteiger partial charge in [0.15, 0.2) is 0 Å². The first-order valence-corrected chi connectivity index (χ1v) is 7.98. The Labute approximate surface area is 137 Å². The highest BCUT2D eigenvalue weighted by Gasteiger charge is 2.09. The summed E-state index contributed by atoms with van der Waals surface area (Å²) in [5, 5.41) is 3.41. The normalized spacial score (nSPS) is 13.3. The molecule has 1 aliphatic carbocycles. The predicted octanol–water partition coefficient (Wildman–Crippen LogP) is 3.84. The second-order valence-corrected chi connectivity index (χ2v) is 5.11. The predicted molar refractivity (Wildman–Crippen MR) is 92.4 cm³/mol. The van der Waals surface area contributed by atoms with E-state index in [4.69, 9.17) is 15.0 Å². The lowest BCUT2D eigenvalue weighted by molar-refractivity contribution is -0.00541. The number of hydrogen-bond donors (Lipinski definition) is 1. The molecule has 5 nitrogen and oxygen atoms in total. The van der Waals surface area contributed by atoms with Crippen LogP contribution in [0.4, 0.5) is 5.69 Å². The van der Waals surface area contributed by atoms with Gasteiger partial charge in [0.2, 0.25) is 0 Å². The first-order chi connectivity index (χ1) is 11.3. The smallest absolute Gasteiger partial charge is 0.295 e. The van der Waals surface area contributed by atoms with E-state index in [0.29, 0.717) is 25.3 Å². The molecular formula is C18H23N3O2. The van der Waals surface area contributed by atoms with Crippen LogP contribution in [0, 0.1) is 0 Å². The third kappa shape index (κ3) is 5.01. The second kappa shape index (κ2) is 8.81. The SMILES string of the molecule is CCOc1ccc(OCC)c(NCCC2=CCC(=[N+]=[N-])C=C2)c1. The number of anilines is 1. The number of allylic oxidation sites excluding steroid dienone is 3. The number of nitrogens with zero attached hydrogens (tertiary/aromatic N) is 2. The van der Waals surface area contributed by atoms with Crippen LogP contribution < -0.4 is 14.8 Å². The van der Waals surface area contributed by atoms with Gasteiger partial charge in [0.25, 0.3) is 5.71 Å². The Bertz CT molecular complexity index is 644. The standard InChI is InChI=1S/C18H23N3O2/c1-3-22-16-9-10-18(23-4-2)17(13-16)20-12-11-14-5-7-15(21-19)8-6-14/h5-7,9-10,13,20H,3-4,8,11-12H2,1-2H3. The van der Waals surface area contributed by atoms with E-state index in [9.17, 15) is 0 Å².